The molecular formula is C16H14ClN5O2. The van der Waals surface area contributed by atoms with Gasteiger partial charge in [-0.15, -0.1) is 5.10 Å². The van der Waals surface area contributed by atoms with Crippen LogP contribution in [0.4, 0.5) is 0 Å². The van der Waals surface area contributed by atoms with Crippen molar-refractivity contribution >= 4 is 17.5 Å². The summed E-state index contributed by atoms with van der Waals surface area (Å²) in [5, 5.41) is 15.0. The number of carbonyl (C=O) groups excluding carboxylic acids is 1. The quantitative estimate of drug-likeness (QED) is 0.768. The third-order valence-electron chi connectivity index (χ3n) is 3.36. The minimum atomic E-state index is -0.266. The van der Waals surface area contributed by atoms with Crippen LogP contribution < -0.4 is 10.1 Å². The van der Waals surface area contributed by atoms with Crippen LogP contribution in [0.5, 0.6) is 5.75 Å². The SMILES string of the molecule is COc1ccccc1C(=O)NCc1nnnn1-c1ccc(Cl)cc1. The molecule has 0 bridgehead atoms. The van der Waals surface area contributed by atoms with E-state index in [4.69, 9.17) is 16.3 Å². The summed E-state index contributed by atoms with van der Waals surface area (Å²) in [6.07, 6.45) is 0. The third-order valence-corrected chi connectivity index (χ3v) is 3.62. The molecule has 24 heavy (non-hydrogen) atoms. The second-order valence-electron chi connectivity index (χ2n) is 4.87. The minimum absolute atomic E-state index is 0.173. The van der Waals surface area contributed by atoms with Crippen LogP contribution in [0.1, 0.15) is 16.2 Å². The molecule has 3 aromatic rings. The molecular weight excluding hydrogens is 330 g/mol. The first kappa shape index (κ1) is 15.9. The zero-order valence-electron chi connectivity index (χ0n) is 12.8. The van der Waals surface area contributed by atoms with E-state index in [1.165, 1.54) is 7.11 Å². The highest BCUT2D eigenvalue weighted by molar-refractivity contribution is 6.30. The molecule has 3 rings (SSSR count). The first-order chi connectivity index (χ1) is 11.7. The third kappa shape index (κ3) is 3.36. The molecule has 0 aliphatic carbocycles. The van der Waals surface area contributed by atoms with Crippen molar-refractivity contribution in [2.24, 2.45) is 0 Å². The highest BCUT2D eigenvalue weighted by atomic mass is 35.5. The normalized spacial score (nSPS) is 10.4. The van der Waals surface area contributed by atoms with E-state index < -0.39 is 0 Å². The number of hydrogen-bond acceptors (Lipinski definition) is 5. The highest BCUT2D eigenvalue weighted by Gasteiger charge is 2.14. The lowest BCUT2D eigenvalue weighted by Gasteiger charge is -2.09. The number of carbonyl (C=O) groups is 1. The molecule has 0 unspecified atom stereocenters. The van der Waals surface area contributed by atoms with E-state index in [1.807, 2.05) is 0 Å². The number of nitrogens with one attached hydrogen (secondary N) is 1. The van der Waals surface area contributed by atoms with Crippen molar-refractivity contribution in [1.82, 2.24) is 25.5 Å². The summed E-state index contributed by atoms with van der Waals surface area (Å²) in [5.41, 5.74) is 1.21. The van der Waals surface area contributed by atoms with Gasteiger partial charge in [0, 0.05) is 5.02 Å². The van der Waals surface area contributed by atoms with Gasteiger partial charge in [-0.3, -0.25) is 4.79 Å². The molecule has 2 aromatic carbocycles. The number of hydrogen-bond donors (Lipinski definition) is 1. The summed E-state index contributed by atoms with van der Waals surface area (Å²) < 4.78 is 6.73. The number of tetrazole rings is 1. The van der Waals surface area contributed by atoms with Crippen LogP contribution in [0.2, 0.25) is 5.02 Å². The molecule has 0 spiro atoms. The molecule has 0 radical (unpaired) electrons. The number of rotatable bonds is 5. The Labute approximate surface area is 143 Å². The van der Waals surface area contributed by atoms with Crippen LogP contribution in [-0.4, -0.2) is 33.2 Å². The van der Waals surface area contributed by atoms with Crippen LogP contribution in [0, 0.1) is 0 Å². The van der Waals surface area contributed by atoms with Crippen LogP contribution in [0.3, 0.4) is 0 Å². The summed E-state index contributed by atoms with van der Waals surface area (Å²) in [4.78, 5) is 12.3. The van der Waals surface area contributed by atoms with Crippen molar-refractivity contribution in [2.75, 3.05) is 7.11 Å². The van der Waals surface area contributed by atoms with Crippen molar-refractivity contribution in [2.45, 2.75) is 6.54 Å². The summed E-state index contributed by atoms with van der Waals surface area (Å²) in [7, 11) is 1.52. The van der Waals surface area contributed by atoms with Crippen molar-refractivity contribution in [3.63, 3.8) is 0 Å². The Hall–Kier alpha value is -2.93. The predicted octanol–water partition coefficient (Wildman–Crippen LogP) is 2.25. The van der Waals surface area contributed by atoms with Gasteiger partial charge in [0.15, 0.2) is 5.82 Å². The molecule has 122 valence electrons. The number of benzene rings is 2. The Morgan fingerprint density at radius 2 is 1.96 bits per heavy atom. The second kappa shape index (κ2) is 7.10. The van der Waals surface area contributed by atoms with E-state index in [2.05, 4.69) is 20.8 Å². The minimum Gasteiger partial charge on any atom is -0.496 e. The van der Waals surface area contributed by atoms with Gasteiger partial charge in [-0.25, -0.2) is 0 Å². The van der Waals surface area contributed by atoms with Crippen molar-refractivity contribution in [3.05, 3.63) is 64.9 Å². The van der Waals surface area contributed by atoms with E-state index >= 15 is 0 Å². The number of methoxy groups -OCH3 is 1. The van der Waals surface area contributed by atoms with Crippen molar-refractivity contribution < 1.29 is 9.53 Å². The average Bonchev–Trinajstić information content (AvgIpc) is 3.08. The smallest absolute Gasteiger partial charge is 0.255 e. The van der Waals surface area contributed by atoms with E-state index in [0.717, 1.165) is 5.69 Å². The lowest BCUT2D eigenvalue weighted by molar-refractivity contribution is 0.0946. The number of nitrogens with zero attached hydrogens (tertiary/aromatic N) is 4. The average molecular weight is 344 g/mol. The van der Waals surface area contributed by atoms with E-state index in [-0.39, 0.29) is 12.5 Å². The molecule has 0 aliphatic rings. The number of para-hydroxylation sites is 1. The van der Waals surface area contributed by atoms with Gasteiger partial charge in [-0.2, -0.15) is 4.68 Å². The molecule has 0 saturated carbocycles. The van der Waals surface area contributed by atoms with E-state index in [0.29, 0.717) is 22.2 Å². The fourth-order valence-corrected chi connectivity index (χ4v) is 2.31. The van der Waals surface area contributed by atoms with Gasteiger partial charge in [0.25, 0.3) is 5.91 Å². The maximum Gasteiger partial charge on any atom is 0.255 e. The van der Waals surface area contributed by atoms with Gasteiger partial charge < -0.3 is 10.1 Å². The summed E-state index contributed by atoms with van der Waals surface area (Å²) in [5.74, 6) is 0.742. The zero-order chi connectivity index (χ0) is 16.9. The summed E-state index contributed by atoms with van der Waals surface area (Å²) in [6.45, 7) is 0.173. The van der Waals surface area contributed by atoms with Crippen molar-refractivity contribution in [3.8, 4) is 11.4 Å². The monoisotopic (exact) mass is 343 g/mol. The van der Waals surface area contributed by atoms with Gasteiger partial charge in [-0.1, -0.05) is 23.7 Å². The number of halogens is 1. The molecule has 1 heterocycles. The van der Waals surface area contributed by atoms with Crippen LogP contribution >= 0.6 is 11.6 Å². The van der Waals surface area contributed by atoms with Gasteiger partial charge >= 0.3 is 0 Å². The maximum atomic E-state index is 12.3. The standard InChI is InChI=1S/C16H14ClN5O2/c1-24-14-5-3-2-4-13(14)16(23)18-10-15-19-20-21-22(15)12-8-6-11(17)7-9-12/h2-9H,10H2,1H3,(H,18,23). The van der Waals surface area contributed by atoms with E-state index in [1.54, 1.807) is 53.2 Å². The topological polar surface area (TPSA) is 81.9 Å². The second-order valence-corrected chi connectivity index (χ2v) is 5.30. The van der Waals surface area contributed by atoms with Crippen LogP contribution in [-0.2, 0) is 6.54 Å². The van der Waals surface area contributed by atoms with Gasteiger partial charge in [0.1, 0.15) is 5.75 Å². The number of ether oxygens (including phenoxy) is 1. The maximum absolute atomic E-state index is 12.3. The Morgan fingerprint density at radius 1 is 1.21 bits per heavy atom. The lowest BCUT2D eigenvalue weighted by atomic mass is 10.2. The van der Waals surface area contributed by atoms with Crippen LogP contribution in [0.15, 0.2) is 48.5 Å². The summed E-state index contributed by atoms with van der Waals surface area (Å²) in [6, 6.07) is 14.1. The Balaban J connectivity index is 1.75. The van der Waals surface area contributed by atoms with Crippen molar-refractivity contribution in [1.29, 1.82) is 0 Å². The zero-order valence-corrected chi connectivity index (χ0v) is 13.6. The first-order valence-electron chi connectivity index (χ1n) is 7.13. The summed E-state index contributed by atoms with van der Waals surface area (Å²) >= 11 is 5.88. The molecule has 1 amide bonds. The highest BCUT2D eigenvalue weighted by Crippen LogP contribution is 2.17. The Kier molecular flexibility index (Phi) is 4.72. The van der Waals surface area contributed by atoms with E-state index in [9.17, 15) is 4.79 Å². The molecule has 0 saturated heterocycles. The molecule has 0 aliphatic heterocycles. The Morgan fingerprint density at radius 3 is 2.71 bits per heavy atom. The fraction of sp³-hybridized carbons (Fsp3) is 0.125. The molecule has 8 heteroatoms. The van der Waals surface area contributed by atoms with Gasteiger partial charge in [-0.05, 0) is 46.8 Å². The molecule has 7 nitrogen and oxygen atoms in total. The molecule has 1 aromatic heterocycles. The van der Waals surface area contributed by atoms with Gasteiger partial charge in [0.05, 0.1) is 24.9 Å². The van der Waals surface area contributed by atoms with Crippen LogP contribution in [0.25, 0.3) is 5.69 Å². The molecule has 0 fully saturated rings. The fourth-order valence-electron chi connectivity index (χ4n) is 2.19. The first-order valence-corrected chi connectivity index (χ1v) is 7.51. The predicted molar refractivity (Wildman–Crippen MR) is 88.3 cm³/mol. The van der Waals surface area contributed by atoms with Gasteiger partial charge in [0.2, 0.25) is 0 Å². The number of amides is 1. The lowest BCUT2D eigenvalue weighted by Crippen LogP contribution is -2.25. The molecule has 1 N–H and O–H groups in total. The largest absolute Gasteiger partial charge is 0.496 e. The number of aromatic nitrogens is 4. The molecule has 0 atom stereocenters. The Bertz CT molecular complexity index is 848.